The normalized spacial score (nSPS) is 12.5. The van der Waals surface area contributed by atoms with Gasteiger partial charge in [0.15, 0.2) is 6.10 Å². The third-order valence-electron chi connectivity index (χ3n) is 4.60. The molecule has 2 aromatic rings. The quantitative estimate of drug-likeness (QED) is 0.571. The highest BCUT2D eigenvalue weighted by Crippen LogP contribution is 2.26. The highest BCUT2D eigenvalue weighted by Gasteiger charge is 2.27. The second-order valence-electron chi connectivity index (χ2n) is 6.51. The van der Waals surface area contributed by atoms with E-state index in [-0.39, 0.29) is 28.6 Å². The second kappa shape index (κ2) is 10.1. The summed E-state index contributed by atoms with van der Waals surface area (Å²) < 4.78 is 32.1. The molecule has 1 atom stereocenters. The van der Waals surface area contributed by atoms with Crippen LogP contribution in [0.2, 0.25) is 5.02 Å². The molecule has 0 N–H and O–H groups in total. The third kappa shape index (κ3) is 5.19. The maximum Gasteiger partial charge on any atom is 0.338 e. The summed E-state index contributed by atoms with van der Waals surface area (Å²) in [5.41, 5.74) is 0.650. The van der Waals surface area contributed by atoms with E-state index in [1.807, 2.05) is 6.07 Å². The molecule has 2 rings (SSSR count). The number of sulfonamides is 1. The summed E-state index contributed by atoms with van der Waals surface area (Å²) >= 11 is 6.09. The fourth-order valence-corrected chi connectivity index (χ4v) is 4.82. The SMILES string of the molecule is CCN(CC)S(=O)(=O)c1cc(C(=O)OC(C)C(=O)N(C)c2ccccc2)ccc1Cl. The Balaban J connectivity index is 2.22. The van der Waals surface area contributed by atoms with Crippen LogP contribution in [0.25, 0.3) is 0 Å². The van der Waals surface area contributed by atoms with Gasteiger partial charge < -0.3 is 9.64 Å². The van der Waals surface area contributed by atoms with E-state index in [1.165, 1.54) is 34.3 Å². The van der Waals surface area contributed by atoms with Gasteiger partial charge in [-0.05, 0) is 37.3 Å². The fourth-order valence-electron chi connectivity index (χ4n) is 2.86. The summed E-state index contributed by atoms with van der Waals surface area (Å²) in [6.07, 6.45) is -1.07. The molecular weight excluding hydrogens is 428 g/mol. The number of benzene rings is 2. The zero-order valence-electron chi connectivity index (χ0n) is 17.3. The van der Waals surface area contributed by atoms with Crippen LogP contribution in [-0.2, 0) is 19.6 Å². The summed E-state index contributed by atoms with van der Waals surface area (Å²) in [6.45, 7) is 5.42. The van der Waals surface area contributed by atoms with Crippen LogP contribution < -0.4 is 4.90 Å². The number of para-hydroxylation sites is 1. The standard InChI is InChI=1S/C21H25ClN2O5S/c1-5-24(6-2)30(27,28)19-14-16(12-13-18(19)22)21(26)29-15(3)20(25)23(4)17-10-8-7-9-11-17/h7-15H,5-6H2,1-4H3. The highest BCUT2D eigenvalue weighted by atomic mass is 35.5. The molecule has 0 saturated carbocycles. The van der Waals surface area contributed by atoms with Crippen LogP contribution in [0.15, 0.2) is 53.4 Å². The number of amides is 1. The first-order valence-corrected chi connectivity index (χ1v) is 11.3. The first kappa shape index (κ1) is 23.9. The van der Waals surface area contributed by atoms with Crippen molar-refractivity contribution in [3.05, 3.63) is 59.1 Å². The van der Waals surface area contributed by atoms with E-state index in [2.05, 4.69) is 0 Å². The Hall–Kier alpha value is -2.42. The number of rotatable bonds is 8. The van der Waals surface area contributed by atoms with E-state index in [1.54, 1.807) is 45.2 Å². The lowest BCUT2D eigenvalue weighted by atomic mass is 10.2. The molecule has 1 amide bonds. The van der Waals surface area contributed by atoms with Gasteiger partial charge in [-0.2, -0.15) is 4.31 Å². The molecule has 1 unspecified atom stereocenters. The van der Waals surface area contributed by atoms with E-state index in [9.17, 15) is 18.0 Å². The van der Waals surface area contributed by atoms with Crippen LogP contribution in [0.5, 0.6) is 0 Å². The van der Waals surface area contributed by atoms with E-state index < -0.39 is 28.0 Å². The number of hydrogen-bond acceptors (Lipinski definition) is 5. The van der Waals surface area contributed by atoms with Gasteiger partial charge in [-0.1, -0.05) is 43.6 Å². The molecule has 2 aromatic carbocycles. The van der Waals surface area contributed by atoms with Crippen LogP contribution in [0.4, 0.5) is 5.69 Å². The summed E-state index contributed by atoms with van der Waals surface area (Å²) in [5.74, 6) is -1.23. The van der Waals surface area contributed by atoms with E-state index in [0.29, 0.717) is 5.69 Å². The molecule has 0 spiro atoms. The van der Waals surface area contributed by atoms with Crippen molar-refractivity contribution in [3.8, 4) is 0 Å². The fraction of sp³-hybridized carbons (Fsp3) is 0.333. The van der Waals surface area contributed by atoms with Crippen molar-refractivity contribution in [1.29, 1.82) is 0 Å². The van der Waals surface area contributed by atoms with Gasteiger partial charge in [-0.15, -0.1) is 0 Å². The van der Waals surface area contributed by atoms with Gasteiger partial charge in [0.05, 0.1) is 10.6 Å². The Morgan fingerprint density at radius 2 is 1.67 bits per heavy atom. The molecule has 0 aliphatic heterocycles. The molecule has 0 saturated heterocycles. The third-order valence-corrected chi connectivity index (χ3v) is 7.13. The molecular formula is C21H25ClN2O5S. The first-order valence-electron chi connectivity index (χ1n) is 9.46. The molecule has 0 heterocycles. The molecule has 0 fully saturated rings. The predicted octanol–water partition coefficient (Wildman–Crippen LogP) is 3.58. The molecule has 0 bridgehead atoms. The molecule has 9 heteroatoms. The van der Waals surface area contributed by atoms with Crippen LogP contribution in [-0.4, -0.2) is 50.8 Å². The van der Waals surface area contributed by atoms with E-state index in [0.717, 1.165) is 0 Å². The van der Waals surface area contributed by atoms with E-state index >= 15 is 0 Å². The minimum Gasteiger partial charge on any atom is -0.449 e. The largest absolute Gasteiger partial charge is 0.449 e. The maximum absolute atomic E-state index is 12.8. The Kier molecular flexibility index (Phi) is 8.00. The predicted molar refractivity (Wildman–Crippen MR) is 116 cm³/mol. The minimum absolute atomic E-state index is 0.00591. The summed E-state index contributed by atoms with van der Waals surface area (Å²) in [7, 11) is -2.28. The average molecular weight is 453 g/mol. The Morgan fingerprint density at radius 3 is 2.23 bits per heavy atom. The number of carbonyl (C=O) groups excluding carboxylic acids is 2. The second-order valence-corrected chi connectivity index (χ2v) is 8.83. The topological polar surface area (TPSA) is 84.0 Å². The number of ether oxygens (including phenoxy) is 1. The van der Waals surface area contributed by atoms with E-state index in [4.69, 9.17) is 16.3 Å². The Bertz CT molecular complexity index is 1010. The van der Waals surface area contributed by atoms with Gasteiger partial charge >= 0.3 is 5.97 Å². The van der Waals surface area contributed by atoms with Crippen molar-refractivity contribution in [2.24, 2.45) is 0 Å². The van der Waals surface area contributed by atoms with Crippen molar-refractivity contribution in [1.82, 2.24) is 4.31 Å². The van der Waals surface area contributed by atoms with Gasteiger partial charge in [0, 0.05) is 25.8 Å². The number of nitrogens with zero attached hydrogens (tertiary/aromatic N) is 2. The molecule has 0 radical (unpaired) electrons. The van der Waals surface area contributed by atoms with Crippen molar-refractivity contribution in [2.45, 2.75) is 31.8 Å². The Labute approximate surface area is 182 Å². The summed E-state index contributed by atoms with van der Waals surface area (Å²) in [4.78, 5) is 26.4. The maximum atomic E-state index is 12.8. The van der Waals surface area contributed by atoms with Crippen LogP contribution >= 0.6 is 11.6 Å². The number of anilines is 1. The van der Waals surface area contributed by atoms with Crippen LogP contribution in [0, 0.1) is 0 Å². The van der Waals surface area contributed by atoms with Gasteiger partial charge in [-0.25, -0.2) is 13.2 Å². The number of carbonyl (C=O) groups is 2. The zero-order chi connectivity index (χ0) is 22.5. The number of esters is 1. The highest BCUT2D eigenvalue weighted by molar-refractivity contribution is 7.89. The van der Waals surface area contributed by atoms with Crippen molar-refractivity contribution in [2.75, 3.05) is 25.0 Å². The smallest absolute Gasteiger partial charge is 0.338 e. The minimum atomic E-state index is -3.86. The van der Waals surface area contributed by atoms with Gasteiger partial charge in [0.1, 0.15) is 4.90 Å². The zero-order valence-corrected chi connectivity index (χ0v) is 18.9. The number of likely N-dealkylation sites (N-methyl/N-ethyl adjacent to an activating group) is 1. The van der Waals surface area contributed by atoms with Crippen molar-refractivity contribution < 1.29 is 22.7 Å². The lowest BCUT2D eigenvalue weighted by Gasteiger charge is -2.22. The molecule has 7 nitrogen and oxygen atoms in total. The van der Waals surface area contributed by atoms with Crippen molar-refractivity contribution in [3.63, 3.8) is 0 Å². The lowest BCUT2D eigenvalue weighted by molar-refractivity contribution is -0.126. The number of hydrogen-bond donors (Lipinski definition) is 0. The summed E-state index contributed by atoms with van der Waals surface area (Å²) in [6, 6.07) is 12.8. The van der Waals surface area contributed by atoms with Crippen LogP contribution in [0.1, 0.15) is 31.1 Å². The molecule has 0 aromatic heterocycles. The summed E-state index contributed by atoms with van der Waals surface area (Å²) in [5, 5.41) is 0.00591. The Morgan fingerprint density at radius 1 is 1.07 bits per heavy atom. The molecule has 0 aliphatic rings. The van der Waals surface area contributed by atoms with Crippen molar-refractivity contribution >= 4 is 39.2 Å². The number of halogens is 1. The molecule has 0 aliphatic carbocycles. The molecule has 30 heavy (non-hydrogen) atoms. The van der Waals surface area contributed by atoms with Gasteiger partial charge in [-0.3, -0.25) is 4.79 Å². The van der Waals surface area contributed by atoms with Gasteiger partial charge in [0.2, 0.25) is 10.0 Å². The monoisotopic (exact) mass is 452 g/mol. The lowest BCUT2D eigenvalue weighted by Crippen LogP contribution is -2.37. The van der Waals surface area contributed by atoms with Crippen LogP contribution in [0.3, 0.4) is 0 Å². The molecule has 162 valence electrons. The first-order chi connectivity index (χ1) is 14.1. The van der Waals surface area contributed by atoms with Gasteiger partial charge in [0.25, 0.3) is 5.91 Å². The average Bonchev–Trinajstić information content (AvgIpc) is 2.73.